The fraction of sp³-hybridized carbons (Fsp3) is 0.619. The zero-order chi connectivity index (χ0) is 18.0. The Bertz CT molecular complexity index is 714. The summed E-state index contributed by atoms with van der Waals surface area (Å²) in [5.74, 6) is 0.421. The summed E-state index contributed by atoms with van der Waals surface area (Å²) in [5, 5.41) is 18.8. The van der Waals surface area contributed by atoms with Gasteiger partial charge in [-0.1, -0.05) is 57.5 Å². The van der Waals surface area contributed by atoms with Crippen LogP contribution < -0.4 is 0 Å². The Balaban J connectivity index is 1.77. The Morgan fingerprint density at radius 3 is 2.84 bits per heavy atom. The average molecular weight is 341 g/mol. The highest BCUT2D eigenvalue weighted by Gasteiger charge is 2.28. The normalized spacial score (nSPS) is 18.4. The molecular formula is C21H31N3O. The van der Waals surface area contributed by atoms with Crippen molar-refractivity contribution in [2.75, 3.05) is 0 Å². The summed E-state index contributed by atoms with van der Waals surface area (Å²) in [7, 11) is 0. The molecule has 1 N–H and O–H groups in total. The van der Waals surface area contributed by atoms with Crippen LogP contribution in [0, 0.1) is 5.41 Å². The van der Waals surface area contributed by atoms with E-state index in [2.05, 4.69) is 62.4 Å². The van der Waals surface area contributed by atoms with Crippen LogP contribution in [0.15, 0.2) is 24.4 Å². The molecule has 0 fully saturated rings. The molecule has 1 aromatic carbocycles. The number of aryl methyl sites for hydroxylation is 3. The lowest BCUT2D eigenvalue weighted by atomic mass is 9.74. The van der Waals surface area contributed by atoms with Crippen molar-refractivity contribution in [3.05, 3.63) is 46.8 Å². The number of benzene rings is 1. The molecule has 136 valence electrons. The first kappa shape index (κ1) is 18.1. The van der Waals surface area contributed by atoms with Crippen LogP contribution in [0.4, 0.5) is 0 Å². The van der Waals surface area contributed by atoms with E-state index in [1.807, 2.05) is 4.68 Å². The molecule has 0 saturated heterocycles. The maximum atomic E-state index is 10.2. The first-order valence-corrected chi connectivity index (χ1v) is 9.58. The third-order valence-corrected chi connectivity index (χ3v) is 5.40. The molecular weight excluding hydrogens is 310 g/mol. The van der Waals surface area contributed by atoms with Gasteiger partial charge in [0.1, 0.15) is 0 Å². The lowest BCUT2D eigenvalue weighted by molar-refractivity contribution is 0.179. The molecule has 0 saturated carbocycles. The topological polar surface area (TPSA) is 50.9 Å². The largest absolute Gasteiger partial charge is 0.388 e. The molecule has 2 aromatic rings. The van der Waals surface area contributed by atoms with E-state index in [0.717, 1.165) is 49.9 Å². The summed E-state index contributed by atoms with van der Waals surface area (Å²) in [4.78, 5) is 0. The van der Waals surface area contributed by atoms with Gasteiger partial charge >= 0.3 is 0 Å². The van der Waals surface area contributed by atoms with Crippen LogP contribution in [-0.2, 0) is 19.4 Å². The van der Waals surface area contributed by atoms with Crippen LogP contribution in [0.2, 0.25) is 0 Å². The van der Waals surface area contributed by atoms with E-state index in [-0.39, 0.29) is 11.5 Å². The van der Waals surface area contributed by atoms with Crippen LogP contribution >= 0.6 is 0 Å². The molecule has 2 unspecified atom stereocenters. The molecule has 0 aliphatic heterocycles. The molecule has 1 aliphatic carbocycles. The maximum Gasteiger partial charge on any atom is 0.0827 e. The zero-order valence-corrected chi connectivity index (χ0v) is 16.0. The molecule has 0 radical (unpaired) electrons. The van der Waals surface area contributed by atoms with Crippen molar-refractivity contribution >= 4 is 0 Å². The van der Waals surface area contributed by atoms with Gasteiger partial charge < -0.3 is 5.11 Å². The van der Waals surface area contributed by atoms with E-state index in [4.69, 9.17) is 0 Å². The van der Waals surface area contributed by atoms with Crippen LogP contribution in [0.1, 0.15) is 81.4 Å². The van der Waals surface area contributed by atoms with E-state index in [0.29, 0.717) is 5.92 Å². The Hall–Kier alpha value is -1.68. The van der Waals surface area contributed by atoms with Crippen molar-refractivity contribution in [2.45, 2.75) is 78.4 Å². The maximum absolute atomic E-state index is 10.2. The lowest BCUT2D eigenvalue weighted by Crippen LogP contribution is -2.21. The van der Waals surface area contributed by atoms with Crippen molar-refractivity contribution in [1.29, 1.82) is 0 Å². The van der Waals surface area contributed by atoms with E-state index >= 15 is 0 Å². The zero-order valence-electron chi connectivity index (χ0n) is 16.0. The Kier molecular flexibility index (Phi) is 5.28. The highest BCUT2D eigenvalue weighted by atomic mass is 16.3. The number of aliphatic hydroxyl groups excluding tert-OH is 1. The second-order valence-corrected chi connectivity index (χ2v) is 8.44. The van der Waals surface area contributed by atoms with Gasteiger partial charge in [-0.15, -0.1) is 5.10 Å². The first-order valence-electron chi connectivity index (χ1n) is 9.58. The highest BCUT2D eigenvalue weighted by molar-refractivity contribution is 5.38. The number of aromatic nitrogens is 3. The second-order valence-electron chi connectivity index (χ2n) is 8.44. The van der Waals surface area contributed by atoms with Crippen molar-refractivity contribution in [2.24, 2.45) is 5.41 Å². The standard InChI is InChI=1S/C21H31N3O/c1-5-6-17-14-24(23-22-17)12-11-19(21(2,3)4)16-8-7-15-9-10-20(25)18(15)13-16/h7-8,13-14,19-20,25H,5-6,9-12H2,1-4H3. The highest BCUT2D eigenvalue weighted by Crippen LogP contribution is 2.41. The van der Waals surface area contributed by atoms with Crippen LogP contribution in [-0.4, -0.2) is 20.1 Å². The molecule has 2 atom stereocenters. The van der Waals surface area contributed by atoms with Crippen LogP contribution in [0.25, 0.3) is 0 Å². The quantitative estimate of drug-likeness (QED) is 0.845. The molecule has 25 heavy (non-hydrogen) atoms. The lowest BCUT2D eigenvalue weighted by Gasteiger charge is -2.32. The van der Waals surface area contributed by atoms with Gasteiger partial charge in [0.25, 0.3) is 0 Å². The number of nitrogens with zero attached hydrogens (tertiary/aromatic N) is 3. The van der Waals surface area contributed by atoms with Gasteiger partial charge in [-0.2, -0.15) is 0 Å². The van der Waals surface area contributed by atoms with Crippen molar-refractivity contribution in [3.63, 3.8) is 0 Å². The van der Waals surface area contributed by atoms with Gasteiger partial charge in [-0.3, -0.25) is 4.68 Å². The second kappa shape index (κ2) is 7.28. The number of hydrogen-bond acceptors (Lipinski definition) is 3. The molecule has 4 heteroatoms. The van der Waals surface area contributed by atoms with Crippen molar-refractivity contribution in [1.82, 2.24) is 15.0 Å². The first-order chi connectivity index (χ1) is 11.9. The van der Waals surface area contributed by atoms with E-state index in [1.54, 1.807) is 0 Å². The Morgan fingerprint density at radius 2 is 2.12 bits per heavy atom. The smallest absolute Gasteiger partial charge is 0.0827 e. The van der Waals surface area contributed by atoms with Gasteiger partial charge in [0.05, 0.1) is 11.8 Å². The monoisotopic (exact) mass is 341 g/mol. The minimum Gasteiger partial charge on any atom is -0.388 e. The summed E-state index contributed by atoms with van der Waals surface area (Å²) in [5.41, 5.74) is 5.02. The van der Waals surface area contributed by atoms with E-state index in [9.17, 15) is 5.11 Å². The fourth-order valence-corrected chi connectivity index (χ4v) is 4.00. The molecule has 0 amide bonds. The summed E-state index contributed by atoms with van der Waals surface area (Å²) >= 11 is 0. The van der Waals surface area contributed by atoms with Gasteiger partial charge in [-0.05, 0) is 53.7 Å². The number of fused-ring (bicyclic) bond motifs is 1. The third-order valence-electron chi connectivity index (χ3n) is 5.40. The van der Waals surface area contributed by atoms with Crippen molar-refractivity contribution < 1.29 is 5.11 Å². The van der Waals surface area contributed by atoms with E-state index < -0.39 is 0 Å². The minimum absolute atomic E-state index is 0.157. The Labute approximate surface area is 151 Å². The number of hydrogen-bond donors (Lipinski definition) is 1. The van der Waals surface area contributed by atoms with Crippen LogP contribution in [0.5, 0.6) is 0 Å². The Morgan fingerprint density at radius 1 is 1.32 bits per heavy atom. The molecule has 0 bridgehead atoms. The summed E-state index contributed by atoms with van der Waals surface area (Å²) in [6, 6.07) is 6.72. The average Bonchev–Trinajstić information content (AvgIpc) is 3.14. The predicted octanol–water partition coefficient (Wildman–Crippen LogP) is 4.43. The molecule has 4 nitrogen and oxygen atoms in total. The van der Waals surface area contributed by atoms with Gasteiger partial charge in [0.2, 0.25) is 0 Å². The molecule has 1 heterocycles. The van der Waals surface area contributed by atoms with Crippen molar-refractivity contribution in [3.8, 4) is 0 Å². The summed E-state index contributed by atoms with van der Waals surface area (Å²) in [6.07, 6.45) is 6.76. The predicted molar refractivity (Wildman–Crippen MR) is 101 cm³/mol. The summed E-state index contributed by atoms with van der Waals surface area (Å²) in [6.45, 7) is 9.93. The summed E-state index contributed by atoms with van der Waals surface area (Å²) < 4.78 is 1.98. The third kappa shape index (κ3) is 4.12. The fourth-order valence-electron chi connectivity index (χ4n) is 4.00. The van der Waals surface area contributed by atoms with Gasteiger partial charge in [-0.25, -0.2) is 0 Å². The molecule has 1 aromatic heterocycles. The molecule has 1 aliphatic rings. The van der Waals surface area contributed by atoms with E-state index in [1.165, 1.54) is 11.1 Å². The SMILES string of the molecule is CCCc1cn(CCC(c2ccc3c(c2)C(O)CC3)C(C)(C)C)nn1. The number of aliphatic hydroxyl groups is 1. The van der Waals surface area contributed by atoms with Gasteiger partial charge in [0.15, 0.2) is 0 Å². The van der Waals surface area contributed by atoms with Crippen LogP contribution in [0.3, 0.4) is 0 Å². The van der Waals surface area contributed by atoms with Gasteiger partial charge in [0, 0.05) is 12.7 Å². The molecule has 3 rings (SSSR count). The molecule has 0 spiro atoms. The minimum atomic E-state index is -0.289. The number of rotatable bonds is 6.